The zero-order chi connectivity index (χ0) is 21.9. The normalized spacial score (nSPS) is 13.6. The van der Waals surface area contributed by atoms with Gasteiger partial charge < -0.3 is 0 Å². The number of hydrogen-bond acceptors (Lipinski definition) is 4. The third kappa shape index (κ3) is 4.74. The number of hydrazine groups is 1. The number of benzene rings is 2. The molecule has 2 aromatic carbocycles. The smallest absolute Gasteiger partial charge is 0.269 e. The van der Waals surface area contributed by atoms with Gasteiger partial charge in [-0.3, -0.25) is 34.9 Å². The average molecular weight is 407 g/mol. The van der Waals surface area contributed by atoms with Crippen molar-refractivity contribution in [3.8, 4) is 0 Å². The van der Waals surface area contributed by atoms with E-state index >= 15 is 0 Å². The van der Waals surface area contributed by atoms with Gasteiger partial charge in [0.1, 0.15) is 0 Å². The molecule has 2 N–H and O–H groups in total. The zero-order valence-corrected chi connectivity index (χ0v) is 17.3. The second-order valence-electron chi connectivity index (χ2n) is 8.26. The second kappa shape index (κ2) is 8.49. The van der Waals surface area contributed by atoms with Gasteiger partial charge in [-0.15, -0.1) is 0 Å². The van der Waals surface area contributed by atoms with Crippen molar-refractivity contribution in [2.75, 3.05) is 6.54 Å². The number of carbonyl (C=O) groups is 4. The molecule has 0 aromatic heterocycles. The highest BCUT2D eigenvalue weighted by molar-refractivity contribution is 6.09. The fourth-order valence-electron chi connectivity index (χ4n) is 3.22. The molecule has 0 saturated carbocycles. The number of carbonyl (C=O) groups excluding carboxylic acids is 4. The maximum Gasteiger partial charge on any atom is 0.269 e. The predicted octanol–water partition coefficient (Wildman–Crippen LogP) is 2.36. The van der Waals surface area contributed by atoms with E-state index in [0.29, 0.717) is 16.7 Å². The highest BCUT2D eigenvalue weighted by Gasteiger charge is 2.30. The van der Waals surface area contributed by atoms with Crippen molar-refractivity contribution in [1.29, 1.82) is 0 Å². The molecule has 3 rings (SSSR count). The lowest BCUT2D eigenvalue weighted by atomic mass is 9.87. The summed E-state index contributed by atoms with van der Waals surface area (Å²) in [6, 6.07) is 14.1. The summed E-state index contributed by atoms with van der Waals surface area (Å²) < 4.78 is 0. The van der Waals surface area contributed by atoms with Crippen molar-refractivity contribution in [2.24, 2.45) is 0 Å². The molecule has 0 saturated heterocycles. The fraction of sp³-hybridized carbons (Fsp3) is 0.304. The van der Waals surface area contributed by atoms with E-state index in [1.54, 1.807) is 36.4 Å². The fourth-order valence-corrected chi connectivity index (χ4v) is 3.22. The molecule has 7 nitrogen and oxygen atoms in total. The molecule has 1 aliphatic rings. The molecule has 7 heteroatoms. The van der Waals surface area contributed by atoms with E-state index in [0.717, 1.165) is 10.5 Å². The van der Waals surface area contributed by atoms with Crippen LogP contribution in [0.15, 0.2) is 48.5 Å². The molecular weight excluding hydrogens is 382 g/mol. The third-order valence-corrected chi connectivity index (χ3v) is 5.03. The highest BCUT2D eigenvalue weighted by Crippen LogP contribution is 2.22. The van der Waals surface area contributed by atoms with Gasteiger partial charge in [0.2, 0.25) is 11.8 Å². The van der Waals surface area contributed by atoms with Gasteiger partial charge in [-0.2, -0.15) is 0 Å². The van der Waals surface area contributed by atoms with Crippen LogP contribution in [0.4, 0.5) is 0 Å². The Morgan fingerprint density at radius 3 is 2.30 bits per heavy atom. The molecule has 2 aromatic rings. The van der Waals surface area contributed by atoms with E-state index in [2.05, 4.69) is 31.6 Å². The molecule has 0 atom stereocenters. The van der Waals surface area contributed by atoms with E-state index in [-0.39, 0.29) is 30.7 Å². The van der Waals surface area contributed by atoms with E-state index < -0.39 is 17.7 Å². The van der Waals surface area contributed by atoms with Crippen LogP contribution >= 0.6 is 0 Å². The SMILES string of the molecule is CC(C)(C)c1ccc(C(=O)NNC(=O)CCN2C(=O)Cc3ccccc3C2=O)cc1. The Morgan fingerprint density at radius 1 is 0.967 bits per heavy atom. The van der Waals surface area contributed by atoms with Crippen molar-refractivity contribution in [3.63, 3.8) is 0 Å². The summed E-state index contributed by atoms with van der Waals surface area (Å²) in [5.74, 6) is -1.68. The Labute approximate surface area is 175 Å². The number of amides is 4. The molecule has 0 fully saturated rings. The van der Waals surface area contributed by atoms with Crippen LogP contribution < -0.4 is 10.9 Å². The molecule has 0 spiro atoms. The van der Waals surface area contributed by atoms with Crippen LogP contribution in [0, 0.1) is 0 Å². The van der Waals surface area contributed by atoms with Crippen molar-refractivity contribution in [3.05, 3.63) is 70.8 Å². The highest BCUT2D eigenvalue weighted by atomic mass is 16.2. The minimum atomic E-state index is -0.492. The van der Waals surface area contributed by atoms with Crippen LogP contribution in [-0.4, -0.2) is 35.1 Å². The van der Waals surface area contributed by atoms with Gasteiger partial charge in [0.05, 0.1) is 6.42 Å². The molecule has 156 valence electrons. The van der Waals surface area contributed by atoms with Gasteiger partial charge >= 0.3 is 0 Å². The van der Waals surface area contributed by atoms with E-state index in [1.165, 1.54) is 0 Å². The zero-order valence-electron chi connectivity index (χ0n) is 17.3. The molecule has 0 unspecified atom stereocenters. The summed E-state index contributed by atoms with van der Waals surface area (Å²) in [7, 11) is 0. The number of fused-ring (bicyclic) bond motifs is 1. The average Bonchev–Trinajstić information content (AvgIpc) is 2.71. The maximum absolute atomic E-state index is 12.5. The largest absolute Gasteiger partial charge is 0.278 e. The number of nitrogens with zero attached hydrogens (tertiary/aromatic N) is 1. The van der Waals surface area contributed by atoms with Gasteiger partial charge in [-0.1, -0.05) is 51.1 Å². The first kappa shape index (κ1) is 21.2. The minimum absolute atomic E-state index is 0.0208. The summed E-state index contributed by atoms with van der Waals surface area (Å²) in [6.45, 7) is 6.20. The summed E-state index contributed by atoms with van der Waals surface area (Å²) in [4.78, 5) is 50.1. The van der Waals surface area contributed by atoms with Crippen LogP contribution in [0.25, 0.3) is 0 Å². The van der Waals surface area contributed by atoms with Crippen molar-refractivity contribution >= 4 is 23.6 Å². The lowest BCUT2D eigenvalue weighted by Gasteiger charge is -2.26. The molecular formula is C23H25N3O4. The van der Waals surface area contributed by atoms with Gasteiger partial charge in [0.15, 0.2) is 0 Å². The molecule has 1 heterocycles. The molecule has 0 aliphatic carbocycles. The van der Waals surface area contributed by atoms with E-state index in [1.807, 2.05) is 12.1 Å². The van der Waals surface area contributed by atoms with Gasteiger partial charge in [0.25, 0.3) is 11.8 Å². The van der Waals surface area contributed by atoms with Crippen LogP contribution in [0.2, 0.25) is 0 Å². The predicted molar refractivity (Wildman–Crippen MR) is 112 cm³/mol. The van der Waals surface area contributed by atoms with Crippen LogP contribution in [-0.2, 0) is 21.4 Å². The van der Waals surface area contributed by atoms with E-state index in [4.69, 9.17) is 0 Å². The molecule has 30 heavy (non-hydrogen) atoms. The summed E-state index contributed by atoms with van der Waals surface area (Å²) in [5, 5.41) is 0. The first-order valence-electron chi connectivity index (χ1n) is 9.79. The Morgan fingerprint density at radius 2 is 1.63 bits per heavy atom. The monoisotopic (exact) mass is 407 g/mol. The van der Waals surface area contributed by atoms with Gasteiger partial charge in [-0.25, -0.2) is 0 Å². The summed E-state index contributed by atoms with van der Waals surface area (Å²) in [5.41, 5.74) is 7.35. The summed E-state index contributed by atoms with van der Waals surface area (Å²) in [6.07, 6.45) is 0.0215. The van der Waals surface area contributed by atoms with Crippen LogP contribution in [0.1, 0.15) is 59.0 Å². The van der Waals surface area contributed by atoms with Crippen LogP contribution in [0.5, 0.6) is 0 Å². The lowest BCUT2D eigenvalue weighted by Crippen LogP contribution is -2.46. The summed E-state index contributed by atoms with van der Waals surface area (Å²) >= 11 is 0. The van der Waals surface area contributed by atoms with Crippen molar-refractivity contribution < 1.29 is 19.2 Å². The molecule has 0 bridgehead atoms. The third-order valence-electron chi connectivity index (χ3n) is 5.03. The molecule has 0 radical (unpaired) electrons. The lowest BCUT2D eigenvalue weighted by molar-refractivity contribution is -0.129. The first-order chi connectivity index (χ1) is 14.2. The molecule has 4 amide bonds. The molecule has 1 aliphatic heterocycles. The number of rotatable bonds is 4. The Bertz CT molecular complexity index is 990. The topological polar surface area (TPSA) is 95.6 Å². The number of hydrogen-bond donors (Lipinski definition) is 2. The quantitative estimate of drug-likeness (QED) is 0.601. The van der Waals surface area contributed by atoms with Crippen molar-refractivity contribution in [1.82, 2.24) is 15.8 Å². The van der Waals surface area contributed by atoms with Crippen molar-refractivity contribution in [2.45, 2.75) is 39.0 Å². The van der Waals surface area contributed by atoms with Gasteiger partial charge in [-0.05, 0) is 34.7 Å². The van der Waals surface area contributed by atoms with Gasteiger partial charge in [0, 0.05) is 24.1 Å². The Kier molecular flexibility index (Phi) is 6.01. The minimum Gasteiger partial charge on any atom is -0.278 e. The number of imide groups is 1. The Hall–Kier alpha value is -3.48. The first-order valence-corrected chi connectivity index (χ1v) is 9.79. The Balaban J connectivity index is 1.51. The number of nitrogens with one attached hydrogen (secondary N) is 2. The second-order valence-corrected chi connectivity index (χ2v) is 8.26. The maximum atomic E-state index is 12.5. The van der Waals surface area contributed by atoms with Crippen LogP contribution in [0.3, 0.4) is 0 Å². The van der Waals surface area contributed by atoms with E-state index in [9.17, 15) is 19.2 Å². The standard InChI is InChI=1S/C23H25N3O4/c1-23(2,3)17-10-8-15(9-11-17)21(29)25-24-19(27)12-13-26-20(28)14-16-6-4-5-7-18(16)22(26)30/h4-11H,12-14H2,1-3H3,(H,24,27)(H,25,29).